The molecule has 1 saturated heterocycles. The van der Waals surface area contributed by atoms with Gasteiger partial charge in [0.1, 0.15) is 5.82 Å². The molecule has 3 N–H and O–H groups in total. The summed E-state index contributed by atoms with van der Waals surface area (Å²) < 4.78 is 5.09. The van der Waals surface area contributed by atoms with Gasteiger partial charge in [0.15, 0.2) is 0 Å². The number of nitrogens with two attached hydrogens (primary N) is 1. The number of aromatic nitrogens is 2. The smallest absolute Gasteiger partial charge is 0.225 e. The molecule has 1 atom stereocenters. The second-order valence-corrected chi connectivity index (χ2v) is 5.06. The molecule has 6 heteroatoms. The molecule has 1 aromatic heterocycles. The molecule has 1 fully saturated rings. The van der Waals surface area contributed by atoms with Crippen LogP contribution in [0, 0.1) is 0 Å². The molecule has 0 radical (unpaired) electrons. The first-order valence-corrected chi connectivity index (χ1v) is 6.85. The van der Waals surface area contributed by atoms with Gasteiger partial charge in [-0.05, 0) is 32.9 Å². The molecule has 1 unspecified atom stereocenters. The van der Waals surface area contributed by atoms with E-state index in [9.17, 15) is 0 Å². The highest BCUT2D eigenvalue weighted by atomic mass is 16.5. The van der Waals surface area contributed by atoms with Gasteiger partial charge in [-0.25, -0.2) is 0 Å². The maximum atomic E-state index is 5.64. The Balaban J connectivity index is 1.90. The van der Waals surface area contributed by atoms with Gasteiger partial charge in [0.2, 0.25) is 11.8 Å². The van der Waals surface area contributed by atoms with E-state index >= 15 is 0 Å². The molecule has 19 heavy (non-hydrogen) atoms. The average molecular weight is 265 g/mol. The van der Waals surface area contributed by atoms with Crippen molar-refractivity contribution in [1.82, 2.24) is 14.9 Å². The van der Waals surface area contributed by atoms with Crippen molar-refractivity contribution >= 4 is 11.8 Å². The summed E-state index contributed by atoms with van der Waals surface area (Å²) in [6, 6.07) is 2.08. The zero-order valence-corrected chi connectivity index (χ0v) is 11.7. The predicted octanol–water partition coefficient (Wildman–Crippen LogP) is 1.35. The van der Waals surface area contributed by atoms with Crippen LogP contribution in [0.4, 0.5) is 11.8 Å². The van der Waals surface area contributed by atoms with Gasteiger partial charge in [0.25, 0.3) is 0 Å². The maximum Gasteiger partial charge on any atom is 0.225 e. The molecular formula is C13H23N5O. The van der Waals surface area contributed by atoms with E-state index in [4.69, 9.17) is 10.5 Å². The lowest BCUT2D eigenvalue weighted by Crippen LogP contribution is -2.38. The van der Waals surface area contributed by atoms with E-state index < -0.39 is 0 Å². The molecule has 0 saturated carbocycles. The number of piperidine rings is 1. The first kappa shape index (κ1) is 13.9. The molecule has 0 aromatic carbocycles. The quantitative estimate of drug-likeness (QED) is 0.837. The number of likely N-dealkylation sites (tertiary alicyclic amines) is 1. The highest BCUT2D eigenvalue weighted by molar-refractivity contribution is 5.43. The molecule has 1 aliphatic heterocycles. The van der Waals surface area contributed by atoms with E-state index in [1.807, 2.05) is 0 Å². The summed E-state index contributed by atoms with van der Waals surface area (Å²) >= 11 is 0. The monoisotopic (exact) mass is 265 g/mol. The lowest BCUT2D eigenvalue weighted by atomic mass is 10.1. The SMILES string of the molecule is COc1cc(NC(C)CN2CCCCC2)nc(N)n1. The first-order chi connectivity index (χ1) is 9.17. The van der Waals surface area contributed by atoms with Gasteiger partial charge in [0, 0.05) is 18.7 Å². The van der Waals surface area contributed by atoms with Gasteiger partial charge in [-0.1, -0.05) is 6.42 Å². The summed E-state index contributed by atoms with van der Waals surface area (Å²) in [4.78, 5) is 10.6. The first-order valence-electron chi connectivity index (χ1n) is 6.85. The fraction of sp³-hybridized carbons (Fsp3) is 0.692. The van der Waals surface area contributed by atoms with Crippen LogP contribution in [0.2, 0.25) is 0 Å². The molecule has 0 aliphatic carbocycles. The minimum atomic E-state index is 0.229. The zero-order valence-electron chi connectivity index (χ0n) is 11.7. The van der Waals surface area contributed by atoms with Crippen molar-refractivity contribution in [2.75, 3.05) is 37.8 Å². The Kier molecular flexibility index (Phi) is 4.79. The van der Waals surface area contributed by atoms with Crippen molar-refractivity contribution < 1.29 is 4.74 Å². The number of nitrogen functional groups attached to an aromatic ring is 1. The summed E-state index contributed by atoms with van der Waals surface area (Å²) in [5.74, 6) is 1.43. The van der Waals surface area contributed by atoms with Crippen LogP contribution in [0.3, 0.4) is 0 Å². The van der Waals surface area contributed by atoms with E-state index in [-0.39, 0.29) is 5.95 Å². The van der Waals surface area contributed by atoms with Gasteiger partial charge in [-0.15, -0.1) is 0 Å². The predicted molar refractivity (Wildman–Crippen MR) is 76.4 cm³/mol. The lowest BCUT2D eigenvalue weighted by Gasteiger charge is -2.29. The standard InChI is InChI=1S/C13H23N5O/c1-10(9-18-6-4-3-5-7-18)15-11-8-12(19-2)17-13(14)16-11/h8,10H,3-7,9H2,1-2H3,(H3,14,15,16,17). The Morgan fingerprint density at radius 2 is 2.11 bits per heavy atom. The van der Waals surface area contributed by atoms with E-state index in [1.165, 1.54) is 32.4 Å². The van der Waals surface area contributed by atoms with Gasteiger partial charge in [0.05, 0.1) is 7.11 Å². The van der Waals surface area contributed by atoms with Crippen LogP contribution in [0.1, 0.15) is 26.2 Å². The van der Waals surface area contributed by atoms with Crippen molar-refractivity contribution in [2.24, 2.45) is 0 Å². The number of ether oxygens (including phenoxy) is 1. The molecular weight excluding hydrogens is 242 g/mol. The van der Waals surface area contributed by atoms with Crippen molar-refractivity contribution in [3.8, 4) is 5.88 Å². The van der Waals surface area contributed by atoms with Crippen molar-refractivity contribution in [3.63, 3.8) is 0 Å². The fourth-order valence-corrected chi connectivity index (χ4v) is 2.45. The second kappa shape index (κ2) is 6.56. The Labute approximate surface area is 114 Å². The fourth-order valence-electron chi connectivity index (χ4n) is 2.45. The van der Waals surface area contributed by atoms with Crippen molar-refractivity contribution in [3.05, 3.63) is 6.07 Å². The molecule has 2 heterocycles. The van der Waals surface area contributed by atoms with E-state index in [1.54, 1.807) is 13.2 Å². The minimum Gasteiger partial charge on any atom is -0.481 e. The van der Waals surface area contributed by atoms with Crippen molar-refractivity contribution in [1.29, 1.82) is 0 Å². The van der Waals surface area contributed by atoms with Crippen LogP contribution in [0.5, 0.6) is 5.88 Å². The number of hydrogen-bond acceptors (Lipinski definition) is 6. The van der Waals surface area contributed by atoms with Gasteiger partial charge in [-0.3, -0.25) is 0 Å². The number of nitrogens with one attached hydrogen (secondary N) is 1. The summed E-state index contributed by atoms with van der Waals surface area (Å²) in [5.41, 5.74) is 5.64. The zero-order chi connectivity index (χ0) is 13.7. The van der Waals surface area contributed by atoms with Crippen LogP contribution in [-0.4, -0.2) is 47.7 Å². The second-order valence-electron chi connectivity index (χ2n) is 5.06. The van der Waals surface area contributed by atoms with Crippen LogP contribution >= 0.6 is 0 Å². The molecule has 0 bridgehead atoms. The number of hydrogen-bond donors (Lipinski definition) is 2. The Bertz CT molecular complexity index is 406. The number of rotatable bonds is 5. The van der Waals surface area contributed by atoms with Crippen LogP contribution in [0.25, 0.3) is 0 Å². The third kappa shape index (κ3) is 4.24. The number of methoxy groups -OCH3 is 1. The molecule has 2 rings (SSSR count). The van der Waals surface area contributed by atoms with Crippen molar-refractivity contribution in [2.45, 2.75) is 32.2 Å². The van der Waals surface area contributed by atoms with E-state index in [2.05, 4.69) is 27.1 Å². The van der Waals surface area contributed by atoms with E-state index in [0.29, 0.717) is 17.7 Å². The molecule has 0 spiro atoms. The molecule has 106 valence electrons. The molecule has 6 nitrogen and oxygen atoms in total. The third-order valence-corrected chi connectivity index (χ3v) is 3.30. The maximum absolute atomic E-state index is 5.64. The van der Waals surface area contributed by atoms with Gasteiger partial charge >= 0.3 is 0 Å². The van der Waals surface area contributed by atoms with E-state index in [0.717, 1.165) is 6.54 Å². The number of anilines is 2. The Morgan fingerprint density at radius 1 is 1.37 bits per heavy atom. The summed E-state index contributed by atoms with van der Waals surface area (Å²) in [6.07, 6.45) is 3.97. The topological polar surface area (TPSA) is 76.3 Å². The normalized spacial score (nSPS) is 18.0. The molecule has 1 aromatic rings. The average Bonchev–Trinajstić information content (AvgIpc) is 2.38. The summed E-state index contributed by atoms with van der Waals surface area (Å²) in [6.45, 7) is 5.56. The van der Waals surface area contributed by atoms with Gasteiger partial charge < -0.3 is 20.7 Å². The van der Waals surface area contributed by atoms with Gasteiger partial charge in [-0.2, -0.15) is 9.97 Å². The Hall–Kier alpha value is -1.56. The Morgan fingerprint density at radius 3 is 2.79 bits per heavy atom. The highest BCUT2D eigenvalue weighted by Crippen LogP contribution is 2.16. The van der Waals surface area contributed by atoms with Crippen LogP contribution in [-0.2, 0) is 0 Å². The van der Waals surface area contributed by atoms with Crippen LogP contribution < -0.4 is 15.8 Å². The molecule has 1 aliphatic rings. The highest BCUT2D eigenvalue weighted by Gasteiger charge is 2.14. The number of nitrogens with zero attached hydrogens (tertiary/aromatic N) is 3. The lowest BCUT2D eigenvalue weighted by molar-refractivity contribution is 0.223. The minimum absolute atomic E-state index is 0.229. The summed E-state index contributed by atoms with van der Waals surface area (Å²) in [7, 11) is 1.57. The largest absolute Gasteiger partial charge is 0.481 e. The third-order valence-electron chi connectivity index (χ3n) is 3.30. The molecule has 0 amide bonds. The summed E-state index contributed by atoms with van der Waals surface area (Å²) in [5, 5.41) is 3.35. The van der Waals surface area contributed by atoms with Crippen LogP contribution in [0.15, 0.2) is 6.07 Å².